The van der Waals surface area contributed by atoms with E-state index in [9.17, 15) is 0 Å². The molecule has 0 aromatic carbocycles. The van der Waals surface area contributed by atoms with Gasteiger partial charge in [-0.15, -0.1) is 0 Å². The number of rotatable bonds is 7. The summed E-state index contributed by atoms with van der Waals surface area (Å²) in [6.07, 6.45) is 11.0. The Balaban J connectivity index is 2.05. The molecule has 0 radical (unpaired) electrons. The minimum Gasteiger partial charge on any atom is -0.370 e. The summed E-state index contributed by atoms with van der Waals surface area (Å²) in [7, 11) is 0. The third-order valence-corrected chi connectivity index (χ3v) is 6.00. The Labute approximate surface area is 136 Å². The number of hydrogen-bond donors (Lipinski definition) is 2. The van der Waals surface area contributed by atoms with Gasteiger partial charge in [0.15, 0.2) is 5.16 Å². The highest BCUT2D eigenvalue weighted by Gasteiger charge is 2.30. The molecule has 0 atom stereocenters. The van der Waals surface area contributed by atoms with Gasteiger partial charge in [0.2, 0.25) is 0 Å². The molecule has 21 heavy (non-hydrogen) atoms. The summed E-state index contributed by atoms with van der Waals surface area (Å²) < 4.78 is 0.376. The van der Waals surface area contributed by atoms with Crippen molar-refractivity contribution < 1.29 is 0 Å². The molecule has 118 valence electrons. The zero-order chi connectivity index (χ0) is 15.1. The molecule has 2 N–H and O–H groups in total. The van der Waals surface area contributed by atoms with Gasteiger partial charge >= 0.3 is 0 Å². The number of thioether (sulfide) groups is 2. The van der Waals surface area contributed by atoms with E-state index in [2.05, 4.69) is 33.8 Å². The van der Waals surface area contributed by atoms with Gasteiger partial charge in [0.05, 0.1) is 0 Å². The highest BCUT2D eigenvalue weighted by molar-refractivity contribution is 8.00. The predicted molar refractivity (Wildman–Crippen MR) is 95.8 cm³/mol. The molecule has 0 unspecified atom stereocenters. The molecule has 1 saturated carbocycles. The van der Waals surface area contributed by atoms with E-state index in [0.29, 0.717) is 4.75 Å². The van der Waals surface area contributed by atoms with Crippen molar-refractivity contribution in [1.82, 2.24) is 9.97 Å². The van der Waals surface area contributed by atoms with Gasteiger partial charge < -0.3 is 10.6 Å². The van der Waals surface area contributed by atoms with Crippen LogP contribution in [0.25, 0.3) is 0 Å². The van der Waals surface area contributed by atoms with Crippen molar-refractivity contribution in [3.05, 3.63) is 6.07 Å². The van der Waals surface area contributed by atoms with Crippen LogP contribution in [0.5, 0.6) is 0 Å². The summed E-state index contributed by atoms with van der Waals surface area (Å²) in [5.74, 6) is 1.84. The monoisotopic (exact) mass is 326 g/mol. The van der Waals surface area contributed by atoms with Gasteiger partial charge in [0, 0.05) is 23.9 Å². The van der Waals surface area contributed by atoms with Crippen LogP contribution in [0.1, 0.15) is 39.0 Å². The SMILES string of the molecule is CCNc1cc(NCC2(SC)CCCCC2)nc(SC)n1. The lowest BCUT2D eigenvalue weighted by molar-refractivity contribution is 0.411. The molecule has 6 heteroatoms. The fourth-order valence-corrected chi connectivity index (χ4v) is 4.07. The number of anilines is 2. The number of hydrogen-bond acceptors (Lipinski definition) is 6. The Bertz CT molecular complexity index is 447. The molecule has 1 aromatic rings. The molecule has 1 aliphatic carbocycles. The molecule has 4 nitrogen and oxygen atoms in total. The Kier molecular flexibility index (Phi) is 6.48. The van der Waals surface area contributed by atoms with Crippen LogP contribution >= 0.6 is 23.5 Å². The van der Waals surface area contributed by atoms with E-state index in [1.165, 1.54) is 32.1 Å². The third-order valence-electron chi connectivity index (χ3n) is 4.04. The average molecular weight is 327 g/mol. The van der Waals surface area contributed by atoms with Gasteiger partial charge in [-0.1, -0.05) is 31.0 Å². The van der Waals surface area contributed by atoms with Crippen LogP contribution in [0.4, 0.5) is 11.6 Å². The topological polar surface area (TPSA) is 49.8 Å². The van der Waals surface area contributed by atoms with Crippen molar-refractivity contribution in [2.24, 2.45) is 0 Å². The van der Waals surface area contributed by atoms with Crippen molar-refractivity contribution in [3.63, 3.8) is 0 Å². The molecule has 2 rings (SSSR count). The zero-order valence-corrected chi connectivity index (χ0v) is 14.9. The number of nitrogens with one attached hydrogen (secondary N) is 2. The van der Waals surface area contributed by atoms with Gasteiger partial charge in [-0.05, 0) is 32.3 Å². The summed E-state index contributed by atoms with van der Waals surface area (Å²) >= 11 is 3.59. The molecule has 0 saturated heterocycles. The van der Waals surface area contributed by atoms with Crippen LogP contribution in [-0.4, -0.2) is 40.3 Å². The van der Waals surface area contributed by atoms with Crippen molar-refractivity contribution in [2.45, 2.75) is 48.9 Å². The Hall–Kier alpha value is -0.620. The standard InChI is InChI=1S/C15H26N4S2/c1-4-16-12-10-13(19-14(18-12)20-2)17-11-15(21-3)8-6-5-7-9-15/h10H,4-9,11H2,1-3H3,(H2,16,17,18,19). The lowest BCUT2D eigenvalue weighted by Gasteiger charge is -2.36. The first-order valence-corrected chi connectivity index (χ1v) is 10.1. The predicted octanol–water partition coefficient (Wildman–Crippen LogP) is 4.11. The molecule has 1 aliphatic rings. The van der Waals surface area contributed by atoms with Gasteiger partial charge in [-0.25, -0.2) is 9.97 Å². The summed E-state index contributed by atoms with van der Waals surface area (Å²) in [5.41, 5.74) is 0. The first-order chi connectivity index (χ1) is 10.2. The summed E-state index contributed by atoms with van der Waals surface area (Å²) in [5, 5.41) is 7.65. The Morgan fingerprint density at radius 2 is 1.76 bits per heavy atom. The van der Waals surface area contributed by atoms with Crippen LogP contribution in [0.2, 0.25) is 0 Å². The minimum absolute atomic E-state index is 0.376. The van der Waals surface area contributed by atoms with Crippen LogP contribution in [0.15, 0.2) is 11.2 Å². The highest BCUT2D eigenvalue weighted by atomic mass is 32.2. The van der Waals surface area contributed by atoms with Gasteiger partial charge in [-0.2, -0.15) is 11.8 Å². The highest BCUT2D eigenvalue weighted by Crippen LogP contribution is 2.38. The molecule has 0 aliphatic heterocycles. The summed E-state index contributed by atoms with van der Waals surface area (Å²) in [6, 6.07) is 2.01. The van der Waals surface area contributed by atoms with E-state index in [1.54, 1.807) is 11.8 Å². The smallest absolute Gasteiger partial charge is 0.191 e. The van der Waals surface area contributed by atoms with Crippen molar-refractivity contribution >= 4 is 35.2 Å². The largest absolute Gasteiger partial charge is 0.370 e. The molecule has 0 spiro atoms. The van der Waals surface area contributed by atoms with Crippen molar-refractivity contribution in [2.75, 3.05) is 36.2 Å². The molecule has 0 amide bonds. The van der Waals surface area contributed by atoms with Crippen LogP contribution in [0.3, 0.4) is 0 Å². The van der Waals surface area contributed by atoms with E-state index in [-0.39, 0.29) is 0 Å². The van der Waals surface area contributed by atoms with Crippen LogP contribution < -0.4 is 10.6 Å². The lowest BCUT2D eigenvalue weighted by atomic mass is 9.88. The molecular weight excluding hydrogens is 300 g/mol. The second kappa shape index (κ2) is 8.13. The fourth-order valence-electron chi connectivity index (χ4n) is 2.78. The number of aromatic nitrogens is 2. The Morgan fingerprint density at radius 3 is 2.33 bits per heavy atom. The maximum absolute atomic E-state index is 4.58. The molecular formula is C15H26N4S2. The fraction of sp³-hybridized carbons (Fsp3) is 0.733. The first kappa shape index (κ1) is 16.7. The molecule has 1 fully saturated rings. The maximum atomic E-state index is 4.58. The van der Waals surface area contributed by atoms with Crippen LogP contribution in [0, 0.1) is 0 Å². The first-order valence-electron chi connectivity index (χ1n) is 7.67. The van der Waals surface area contributed by atoms with E-state index in [0.717, 1.165) is 29.9 Å². The summed E-state index contributed by atoms with van der Waals surface area (Å²) in [6.45, 7) is 3.95. The normalized spacial score (nSPS) is 17.5. The minimum atomic E-state index is 0.376. The lowest BCUT2D eigenvalue weighted by Crippen LogP contribution is -2.35. The van der Waals surface area contributed by atoms with E-state index < -0.39 is 0 Å². The second-order valence-corrected chi connectivity index (χ2v) is 7.50. The van der Waals surface area contributed by atoms with E-state index in [1.807, 2.05) is 24.1 Å². The zero-order valence-electron chi connectivity index (χ0n) is 13.2. The van der Waals surface area contributed by atoms with Gasteiger partial charge in [-0.3, -0.25) is 0 Å². The second-order valence-electron chi connectivity index (χ2n) is 5.46. The van der Waals surface area contributed by atoms with Gasteiger partial charge in [0.25, 0.3) is 0 Å². The Morgan fingerprint density at radius 1 is 1.10 bits per heavy atom. The molecule has 1 aromatic heterocycles. The van der Waals surface area contributed by atoms with E-state index >= 15 is 0 Å². The van der Waals surface area contributed by atoms with E-state index in [4.69, 9.17) is 0 Å². The number of nitrogens with zero attached hydrogens (tertiary/aromatic N) is 2. The quantitative estimate of drug-likeness (QED) is 0.581. The van der Waals surface area contributed by atoms with Crippen LogP contribution in [-0.2, 0) is 0 Å². The van der Waals surface area contributed by atoms with Gasteiger partial charge in [0.1, 0.15) is 11.6 Å². The maximum Gasteiger partial charge on any atom is 0.191 e. The third kappa shape index (κ3) is 4.68. The molecule has 1 heterocycles. The van der Waals surface area contributed by atoms with Crippen molar-refractivity contribution in [1.29, 1.82) is 0 Å². The summed E-state index contributed by atoms with van der Waals surface area (Å²) in [4.78, 5) is 9.04. The molecule has 0 bridgehead atoms. The van der Waals surface area contributed by atoms with Crippen molar-refractivity contribution in [3.8, 4) is 0 Å². The average Bonchev–Trinajstić information content (AvgIpc) is 2.54.